The smallest absolute Gasteiger partial charge is 0.351 e. The second-order valence-corrected chi connectivity index (χ2v) is 4.28. The van der Waals surface area contributed by atoms with Crippen LogP contribution in [0, 0.1) is 0 Å². The van der Waals surface area contributed by atoms with Crippen LogP contribution in [0.3, 0.4) is 0 Å². The van der Waals surface area contributed by atoms with Gasteiger partial charge in [0.2, 0.25) is 0 Å². The van der Waals surface area contributed by atoms with E-state index in [0.29, 0.717) is 19.2 Å². The fourth-order valence-corrected chi connectivity index (χ4v) is 1.90. The quantitative estimate of drug-likeness (QED) is 0.725. The van der Waals surface area contributed by atoms with Gasteiger partial charge in [0.25, 0.3) is 5.92 Å². The zero-order chi connectivity index (χ0) is 13.4. The van der Waals surface area contributed by atoms with Crippen molar-refractivity contribution in [2.75, 3.05) is 18.0 Å². The molecule has 7 heteroatoms. The summed E-state index contributed by atoms with van der Waals surface area (Å²) in [5.41, 5.74) is -0.880. The van der Waals surface area contributed by atoms with Crippen molar-refractivity contribution in [3.63, 3.8) is 0 Å². The summed E-state index contributed by atoms with van der Waals surface area (Å²) in [5, 5.41) is 0. The Morgan fingerprint density at radius 3 is 2.44 bits per heavy atom. The van der Waals surface area contributed by atoms with Gasteiger partial charge in [-0.3, -0.25) is 0 Å². The summed E-state index contributed by atoms with van der Waals surface area (Å²) in [7, 11) is 0. The zero-order valence-corrected chi connectivity index (χ0v) is 9.34. The zero-order valence-electron chi connectivity index (χ0n) is 9.34. The van der Waals surface area contributed by atoms with Crippen LogP contribution in [0.4, 0.5) is 27.8 Å². The molecule has 0 radical (unpaired) electrons. The van der Waals surface area contributed by atoms with E-state index in [1.807, 2.05) is 0 Å². The van der Waals surface area contributed by atoms with Gasteiger partial charge in [-0.25, -0.2) is 13.8 Å². The van der Waals surface area contributed by atoms with Crippen LogP contribution in [0.15, 0.2) is 18.3 Å². The first kappa shape index (κ1) is 13.0. The third-order valence-electron chi connectivity index (χ3n) is 2.79. The number of nitrogens with zero attached hydrogens (tertiary/aromatic N) is 2. The third kappa shape index (κ3) is 2.88. The number of pyridine rings is 1. The molecule has 0 spiro atoms. The van der Waals surface area contributed by atoms with Crippen LogP contribution < -0.4 is 4.90 Å². The van der Waals surface area contributed by atoms with E-state index in [1.54, 1.807) is 0 Å². The lowest BCUT2D eigenvalue weighted by Gasteiger charge is -2.33. The summed E-state index contributed by atoms with van der Waals surface area (Å²) in [4.78, 5) is 4.92. The maximum Gasteiger partial charge on any atom is 0.417 e. The summed E-state index contributed by atoms with van der Waals surface area (Å²) in [6.07, 6.45) is -3.68. The molecule has 2 nitrogen and oxygen atoms in total. The number of aromatic nitrogens is 1. The van der Waals surface area contributed by atoms with Gasteiger partial charge in [0.15, 0.2) is 0 Å². The van der Waals surface area contributed by atoms with Crippen LogP contribution in [0.1, 0.15) is 18.4 Å². The van der Waals surface area contributed by atoms with Crippen molar-refractivity contribution < 1.29 is 22.0 Å². The number of piperidine rings is 1. The average molecular weight is 266 g/mol. The van der Waals surface area contributed by atoms with Crippen LogP contribution in [-0.4, -0.2) is 24.0 Å². The molecule has 1 aliphatic rings. The van der Waals surface area contributed by atoms with Crippen LogP contribution >= 0.6 is 0 Å². The molecule has 1 aliphatic heterocycles. The van der Waals surface area contributed by atoms with E-state index >= 15 is 0 Å². The van der Waals surface area contributed by atoms with Gasteiger partial charge in [0, 0.05) is 19.2 Å². The second kappa shape index (κ2) is 4.37. The van der Waals surface area contributed by atoms with E-state index in [0.717, 1.165) is 12.1 Å². The van der Waals surface area contributed by atoms with Gasteiger partial charge in [0.05, 0.1) is 12.1 Å². The van der Waals surface area contributed by atoms with E-state index < -0.39 is 24.2 Å². The highest BCUT2D eigenvalue weighted by Gasteiger charge is 2.36. The fraction of sp³-hybridized carbons (Fsp3) is 0.545. The van der Waals surface area contributed by atoms with Crippen molar-refractivity contribution in [3.8, 4) is 0 Å². The molecule has 18 heavy (non-hydrogen) atoms. The highest BCUT2D eigenvalue weighted by Crippen LogP contribution is 2.32. The van der Waals surface area contributed by atoms with Crippen LogP contribution in [0.25, 0.3) is 0 Å². The van der Waals surface area contributed by atoms with Crippen molar-refractivity contribution in [3.05, 3.63) is 23.9 Å². The molecule has 0 atom stereocenters. The Morgan fingerprint density at radius 2 is 1.94 bits per heavy atom. The minimum atomic E-state index is -4.46. The predicted octanol–water partition coefficient (Wildman–Crippen LogP) is 3.34. The number of anilines is 1. The van der Waals surface area contributed by atoms with Crippen LogP contribution in [-0.2, 0) is 6.18 Å². The van der Waals surface area contributed by atoms with Crippen LogP contribution in [0.2, 0.25) is 0 Å². The lowest BCUT2D eigenvalue weighted by atomic mass is 10.1. The van der Waals surface area contributed by atoms with Gasteiger partial charge >= 0.3 is 6.18 Å². The molecule has 0 unspecified atom stereocenters. The molecule has 1 fully saturated rings. The normalized spacial score (nSPS) is 19.9. The van der Waals surface area contributed by atoms with E-state index in [-0.39, 0.29) is 12.2 Å². The minimum Gasteiger partial charge on any atom is -0.351 e. The Bertz CT molecular complexity index is 412. The lowest BCUT2D eigenvalue weighted by Crippen LogP contribution is -2.43. The third-order valence-corrected chi connectivity index (χ3v) is 2.79. The first-order chi connectivity index (χ1) is 8.28. The number of halogens is 5. The van der Waals surface area contributed by atoms with Crippen LogP contribution in [0.5, 0.6) is 0 Å². The molecule has 0 saturated carbocycles. The topological polar surface area (TPSA) is 16.1 Å². The highest BCUT2D eigenvalue weighted by molar-refractivity contribution is 5.40. The molecule has 1 aromatic heterocycles. The van der Waals surface area contributed by atoms with Gasteiger partial charge in [0.1, 0.15) is 5.82 Å². The van der Waals surface area contributed by atoms with Gasteiger partial charge in [-0.2, -0.15) is 13.2 Å². The van der Waals surface area contributed by atoms with E-state index in [9.17, 15) is 22.0 Å². The first-order valence-electron chi connectivity index (χ1n) is 5.44. The molecule has 1 aromatic rings. The SMILES string of the molecule is FC1(F)CCCN(c2ccc(C(F)(F)F)cn2)C1. The monoisotopic (exact) mass is 266 g/mol. The molecular weight excluding hydrogens is 255 g/mol. The van der Waals surface area contributed by atoms with Crippen molar-refractivity contribution in [1.82, 2.24) is 4.98 Å². The Morgan fingerprint density at radius 1 is 1.22 bits per heavy atom. The van der Waals surface area contributed by atoms with E-state index in [1.165, 1.54) is 4.90 Å². The first-order valence-corrected chi connectivity index (χ1v) is 5.44. The maximum absolute atomic E-state index is 13.2. The number of rotatable bonds is 1. The summed E-state index contributed by atoms with van der Waals surface area (Å²) >= 11 is 0. The van der Waals surface area contributed by atoms with Crippen molar-refractivity contribution in [1.29, 1.82) is 0 Å². The Hall–Kier alpha value is -1.40. The highest BCUT2D eigenvalue weighted by atomic mass is 19.4. The van der Waals surface area contributed by atoms with Gasteiger partial charge in [-0.15, -0.1) is 0 Å². The molecule has 0 aliphatic carbocycles. The Labute approximate surface area is 100 Å². The van der Waals surface area contributed by atoms with Crippen molar-refractivity contribution in [2.24, 2.45) is 0 Å². The summed E-state index contributed by atoms with van der Waals surface area (Å²) in [5.74, 6) is -2.65. The van der Waals surface area contributed by atoms with Crippen molar-refractivity contribution in [2.45, 2.75) is 24.9 Å². The predicted molar refractivity (Wildman–Crippen MR) is 55.6 cm³/mol. The molecule has 0 N–H and O–H groups in total. The maximum atomic E-state index is 13.2. The number of hydrogen-bond acceptors (Lipinski definition) is 2. The van der Waals surface area contributed by atoms with E-state index in [4.69, 9.17) is 0 Å². The molecule has 0 amide bonds. The number of alkyl halides is 5. The van der Waals surface area contributed by atoms with Gasteiger partial charge in [-0.05, 0) is 18.6 Å². The molecular formula is C11H11F5N2. The summed E-state index contributed by atoms with van der Waals surface area (Å²) < 4.78 is 63.3. The van der Waals surface area contributed by atoms with Crippen molar-refractivity contribution >= 4 is 5.82 Å². The Kier molecular flexibility index (Phi) is 3.16. The second-order valence-electron chi connectivity index (χ2n) is 4.28. The minimum absolute atomic E-state index is 0.155. The number of hydrogen-bond donors (Lipinski definition) is 0. The molecule has 2 rings (SSSR count). The summed E-state index contributed by atoms with van der Waals surface area (Å²) in [6.45, 7) is -0.112. The van der Waals surface area contributed by atoms with Gasteiger partial charge < -0.3 is 4.90 Å². The average Bonchev–Trinajstić information content (AvgIpc) is 2.27. The molecule has 0 aromatic carbocycles. The lowest BCUT2D eigenvalue weighted by molar-refractivity contribution is -0.137. The largest absolute Gasteiger partial charge is 0.417 e. The summed E-state index contributed by atoms with van der Waals surface area (Å²) in [6, 6.07) is 1.99. The molecule has 100 valence electrons. The standard InChI is InChI=1S/C11H11F5N2/c12-10(13)4-1-5-18(7-10)9-3-2-8(6-17-9)11(14,15)16/h2-3,6H,1,4-5,7H2. The molecule has 0 bridgehead atoms. The Balaban J connectivity index is 2.15. The molecule has 1 saturated heterocycles. The fourth-order valence-electron chi connectivity index (χ4n) is 1.90. The van der Waals surface area contributed by atoms with Gasteiger partial charge in [-0.1, -0.05) is 0 Å². The molecule has 2 heterocycles. The van der Waals surface area contributed by atoms with E-state index in [2.05, 4.69) is 4.98 Å².